The van der Waals surface area contributed by atoms with E-state index in [1.807, 2.05) is 0 Å². The molecule has 0 spiro atoms. The summed E-state index contributed by atoms with van der Waals surface area (Å²) in [6, 6.07) is 0. The highest BCUT2D eigenvalue weighted by Crippen LogP contribution is 2.25. The number of hydrogen-bond acceptors (Lipinski definition) is 1. The van der Waals surface area contributed by atoms with E-state index in [1.54, 1.807) is 0 Å². The van der Waals surface area contributed by atoms with E-state index in [4.69, 9.17) is 0 Å². The zero-order valence-corrected chi connectivity index (χ0v) is 15.7. The van der Waals surface area contributed by atoms with Crippen LogP contribution in [-0.2, 0) is 4.79 Å². The second-order valence-electron chi connectivity index (χ2n) is 6.99. The molecule has 0 aliphatic rings. The van der Waals surface area contributed by atoms with Gasteiger partial charge in [0.05, 0.1) is 0 Å². The van der Waals surface area contributed by atoms with Gasteiger partial charge in [-0.05, 0) is 18.8 Å². The van der Waals surface area contributed by atoms with Crippen LogP contribution in [0, 0.1) is 5.92 Å². The lowest BCUT2D eigenvalue weighted by Gasteiger charge is -2.17. The van der Waals surface area contributed by atoms with E-state index in [2.05, 4.69) is 20.4 Å². The molecular weight excluding hydrogens is 284 g/mol. The van der Waals surface area contributed by atoms with Crippen LogP contribution in [0.3, 0.4) is 0 Å². The first-order valence-corrected chi connectivity index (χ1v) is 10.1. The third kappa shape index (κ3) is 13.4. The minimum atomic E-state index is -0.804. The lowest BCUT2D eigenvalue weighted by atomic mass is 9.88. The molecule has 0 saturated heterocycles. The molecule has 2 nitrogen and oxygen atoms in total. The molecule has 1 unspecified atom stereocenters. The number of carboxylic acids is 1. The molecule has 0 aromatic carbocycles. The molecule has 0 aromatic heterocycles. The normalized spacial score (nSPS) is 12.3. The molecule has 1 atom stereocenters. The van der Waals surface area contributed by atoms with Gasteiger partial charge in [-0.15, -0.1) is 0 Å². The summed E-state index contributed by atoms with van der Waals surface area (Å²) in [6.07, 6.45) is 18.7. The maximum absolute atomic E-state index is 11.2. The zero-order chi connectivity index (χ0) is 17.3. The van der Waals surface area contributed by atoms with Crippen molar-refractivity contribution in [2.45, 2.75) is 110 Å². The molecule has 0 aliphatic carbocycles. The molecule has 0 heterocycles. The quantitative estimate of drug-likeness (QED) is 0.228. The first-order valence-electron chi connectivity index (χ1n) is 10.1. The molecule has 0 rings (SSSR count). The standard InChI is InChI=1S/C21H40O2/c1-4-6-8-10-11-12-13-14-16-18-20(19(3)21(22)23)17-15-9-7-5-2/h20H,3-18H2,1-2H3,(H,22,23). The Hall–Kier alpha value is -0.790. The van der Waals surface area contributed by atoms with Crippen molar-refractivity contribution in [3.63, 3.8) is 0 Å². The molecule has 0 amide bonds. The minimum Gasteiger partial charge on any atom is -0.478 e. The highest BCUT2D eigenvalue weighted by Gasteiger charge is 2.17. The van der Waals surface area contributed by atoms with Crippen LogP contribution in [0.25, 0.3) is 0 Å². The van der Waals surface area contributed by atoms with Crippen molar-refractivity contribution < 1.29 is 9.90 Å². The number of aliphatic carboxylic acids is 1. The van der Waals surface area contributed by atoms with Gasteiger partial charge in [0.15, 0.2) is 0 Å². The molecule has 0 fully saturated rings. The second-order valence-corrected chi connectivity index (χ2v) is 6.99. The second kappa shape index (κ2) is 16.1. The van der Waals surface area contributed by atoms with Crippen molar-refractivity contribution in [2.24, 2.45) is 5.92 Å². The van der Waals surface area contributed by atoms with Crippen molar-refractivity contribution in [2.75, 3.05) is 0 Å². The first kappa shape index (κ1) is 22.2. The molecule has 0 bridgehead atoms. The van der Waals surface area contributed by atoms with E-state index < -0.39 is 5.97 Å². The van der Waals surface area contributed by atoms with Gasteiger partial charge in [0.1, 0.15) is 0 Å². The average Bonchev–Trinajstić information content (AvgIpc) is 2.54. The SMILES string of the molecule is C=C(C(=O)O)C(CCCCCC)CCCCCCCCCCC. The van der Waals surface area contributed by atoms with Crippen LogP contribution in [0.5, 0.6) is 0 Å². The van der Waals surface area contributed by atoms with Crippen LogP contribution < -0.4 is 0 Å². The lowest BCUT2D eigenvalue weighted by molar-refractivity contribution is -0.133. The topological polar surface area (TPSA) is 37.3 Å². The highest BCUT2D eigenvalue weighted by molar-refractivity contribution is 5.86. The molecule has 23 heavy (non-hydrogen) atoms. The van der Waals surface area contributed by atoms with Crippen molar-refractivity contribution >= 4 is 5.97 Å². The molecule has 136 valence electrons. The van der Waals surface area contributed by atoms with E-state index in [0.717, 1.165) is 25.7 Å². The summed E-state index contributed by atoms with van der Waals surface area (Å²) in [5, 5.41) is 9.20. The molecule has 0 aliphatic heterocycles. The van der Waals surface area contributed by atoms with Gasteiger partial charge in [0.25, 0.3) is 0 Å². The molecule has 0 saturated carbocycles. The Kier molecular flexibility index (Phi) is 15.5. The number of rotatable bonds is 17. The molecule has 2 heteroatoms. The maximum Gasteiger partial charge on any atom is 0.331 e. The Balaban J connectivity index is 3.78. The Morgan fingerprint density at radius 2 is 1.09 bits per heavy atom. The van der Waals surface area contributed by atoms with Crippen LogP contribution >= 0.6 is 0 Å². The maximum atomic E-state index is 11.2. The van der Waals surface area contributed by atoms with E-state index in [1.165, 1.54) is 70.6 Å². The van der Waals surface area contributed by atoms with E-state index in [9.17, 15) is 9.90 Å². The zero-order valence-electron chi connectivity index (χ0n) is 15.7. The predicted octanol–water partition coefficient (Wildman–Crippen LogP) is 7.13. The monoisotopic (exact) mass is 324 g/mol. The fourth-order valence-electron chi connectivity index (χ4n) is 3.19. The fraction of sp³-hybridized carbons (Fsp3) is 0.857. The smallest absolute Gasteiger partial charge is 0.331 e. The number of unbranched alkanes of at least 4 members (excludes halogenated alkanes) is 11. The van der Waals surface area contributed by atoms with Crippen LogP contribution in [0.4, 0.5) is 0 Å². The molecule has 1 N–H and O–H groups in total. The van der Waals surface area contributed by atoms with Gasteiger partial charge in [-0.1, -0.05) is 104 Å². The summed E-state index contributed by atoms with van der Waals surface area (Å²) in [5.41, 5.74) is 0.432. The average molecular weight is 325 g/mol. The summed E-state index contributed by atoms with van der Waals surface area (Å²) in [5.74, 6) is -0.615. The fourth-order valence-corrected chi connectivity index (χ4v) is 3.19. The Morgan fingerprint density at radius 1 is 0.739 bits per heavy atom. The number of carbonyl (C=O) groups is 1. The lowest BCUT2D eigenvalue weighted by Crippen LogP contribution is -2.12. The number of carboxylic acid groups (broad SMARTS) is 1. The molecular formula is C21H40O2. The highest BCUT2D eigenvalue weighted by atomic mass is 16.4. The van der Waals surface area contributed by atoms with Crippen molar-refractivity contribution in [1.82, 2.24) is 0 Å². The largest absolute Gasteiger partial charge is 0.478 e. The van der Waals surface area contributed by atoms with Crippen LogP contribution in [0.15, 0.2) is 12.2 Å². The summed E-state index contributed by atoms with van der Waals surface area (Å²) in [7, 11) is 0. The van der Waals surface area contributed by atoms with Gasteiger partial charge in [-0.25, -0.2) is 4.79 Å². The van der Waals surface area contributed by atoms with Gasteiger partial charge < -0.3 is 5.11 Å². The summed E-state index contributed by atoms with van der Waals surface area (Å²) in [6.45, 7) is 8.27. The van der Waals surface area contributed by atoms with Gasteiger partial charge in [0, 0.05) is 5.57 Å². The van der Waals surface area contributed by atoms with Gasteiger partial charge >= 0.3 is 5.97 Å². The number of hydrogen-bond donors (Lipinski definition) is 1. The Morgan fingerprint density at radius 3 is 1.48 bits per heavy atom. The summed E-state index contributed by atoms with van der Waals surface area (Å²) in [4.78, 5) is 11.2. The summed E-state index contributed by atoms with van der Waals surface area (Å²) < 4.78 is 0. The third-order valence-corrected chi connectivity index (χ3v) is 4.83. The van der Waals surface area contributed by atoms with E-state index in [0.29, 0.717) is 5.57 Å². The summed E-state index contributed by atoms with van der Waals surface area (Å²) >= 11 is 0. The van der Waals surface area contributed by atoms with Crippen LogP contribution in [-0.4, -0.2) is 11.1 Å². The first-order chi connectivity index (χ1) is 11.1. The molecule has 0 radical (unpaired) electrons. The Labute approximate surface area is 144 Å². The van der Waals surface area contributed by atoms with Gasteiger partial charge in [-0.3, -0.25) is 0 Å². The Bertz CT molecular complexity index is 296. The third-order valence-electron chi connectivity index (χ3n) is 4.83. The van der Waals surface area contributed by atoms with Crippen molar-refractivity contribution in [1.29, 1.82) is 0 Å². The van der Waals surface area contributed by atoms with Gasteiger partial charge in [0.2, 0.25) is 0 Å². The molecule has 0 aromatic rings. The van der Waals surface area contributed by atoms with Gasteiger partial charge in [-0.2, -0.15) is 0 Å². The van der Waals surface area contributed by atoms with E-state index >= 15 is 0 Å². The predicted molar refractivity (Wildman–Crippen MR) is 101 cm³/mol. The minimum absolute atomic E-state index is 0.189. The van der Waals surface area contributed by atoms with Crippen molar-refractivity contribution in [3.8, 4) is 0 Å². The van der Waals surface area contributed by atoms with E-state index in [-0.39, 0.29) is 5.92 Å². The van der Waals surface area contributed by atoms with Crippen LogP contribution in [0.1, 0.15) is 110 Å². The van der Waals surface area contributed by atoms with Crippen molar-refractivity contribution in [3.05, 3.63) is 12.2 Å². The van der Waals surface area contributed by atoms with Crippen LogP contribution in [0.2, 0.25) is 0 Å².